The van der Waals surface area contributed by atoms with Crippen molar-refractivity contribution < 1.29 is 14.5 Å². The standard InChI is InChI=1S/C23H23N3O4S2/c1-30-21-7-6-16(12-20(21)26(28)29)14-31-15-23(27)24-18-4-2-3-5-19(18)25-10-8-22-17(13-25)9-11-32-22/h2-7,9,11-12H,8,10,13-15H2,1H3,(H,24,27). The average molecular weight is 470 g/mol. The minimum absolute atomic E-state index is 0.0701. The van der Waals surface area contributed by atoms with Crippen LogP contribution in [0.3, 0.4) is 0 Å². The van der Waals surface area contributed by atoms with Gasteiger partial charge in [-0.05, 0) is 47.2 Å². The Bertz CT molecular complexity index is 1130. The van der Waals surface area contributed by atoms with E-state index in [4.69, 9.17) is 4.74 Å². The molecule has 1 aromatic heterocycles. The van der Waals surface area contributed by atoms with Crippen molar-refractivity contribution in [2.45, 2.75) is 18.7 Å². The summed E-state index contributed by atoms with van der Waals surface area (Å²) < 4.78 is 5.03. The number of hydrogen-bond acceptors (Lipinski definition) is 7. The zero-order valence-electron chi connectivity index (χ0n) is 17.6. The summed E-state index contributed by atoms with van der Waals surface area (Å²) in [6, 6.07) is 14.9. The molecule has 7 nitrogen and oxygen atoms in total. The van der Waals surface area contributed by atoms with Crippen molar-refractivity contribution >= 4 is 46.1 Å². The zero-order chi connectivity index (χ0) is 22.5. The van der Waals surface area contributed by atoms with Gasteiger partial charge in [0.15, 0.2) is 5.75 Å². The molecule has 0 saturated carbocycles. The highest BCUT2D eigenvalue weighted by molar-refractivity contribution is 7.99. The van der Waals surface area contributed by atoms with Crippen LogP contribution in [0.25, 0.3) is 0 Å². The Morgan fingerprint density at radius 2 is 2.12 bits per heavy atom. The van der Waals surface area contributed by atoms with Gasteiger partial charge in [-0.15, -0.1) is 23.1 Å². The molecule has 2 aromatic carbocycles. The highest BCUT2D eigenvalue weighted by Crippen LogP contribution is 2.33. The van der Waals surface area contributed by atoms with Gasteiger partial charge in [0.2, 0.25) is 5.91 Å². The number of benzene rings is 2. The second kappa shape index (κ2) is 10.1. The van der Waals surface area contributed by atoms with Crippen LogP contribution in [0.2, 0.25) is 0 Å². The first-order chi connectivity index (χ1) is 15.5. The fourth-order valence-corrected chi connectivity index (χ4v) is 5.39. The Labute approximate surface area is 194 Å². The van der Waals surface area contributed by atoms with Crippen molar-refractivity contribution in [2.75, 3.05) is 29.6 Å². The van der Waals surface area contributed by atoms with E-state index in [-0.39, 0.29) is 23.1 Å². The molecule has 0 atom stereocenters. The summed E-state index contributed by atoms with van der Waals surface area (Å²) in [5, 5.41) is 16.4. The van der Waals surface area contributed by atoms with E-state index in [1.807, 2.05) is 24.3 Å². The molecule has 0 unspecified atom stereocenters. The molecule has 1 aliphatic heterocycles. The molecular weight excluding hydrogens is 446 g/mol. The van der Waals surface area contributed by atoms with E-state index in [9.17, 15) is 14.9 Å². The number of nitrogens with zero attached hydrogens (tertiary/aromatic N) is 2. The number of amides is 1. The van der Waals surface area contributed by atoms with Crippen LogP contribution in [0.1, 0.15) is 16.0 Å². The lowest BCUT2D eigenvalue weighted by atomic mass is 10.1. The Balaban J connectivity index is 1.35. The number of carbonyl (C=O) groups excluding carboxylic acids is 1. The third kappa shape index (κ3) is 5.05. The normalized spacial score (nSPS) is 12.8. The first kappa shape index (κ1) is 22.2. The number of nitro groups is 1. The summed E-state index contributed by atoms with van der Waals surface area (Å²) in [6.45, 7) is 1.77. The molecule has 32 heavy (non-hydrogen) atoms. The van der Waals surface area contributed by atoms with Gasteiger partial charge in [-0.2, -0.15) is 0 Å². The summed E-state index contributed by atoms with van der Waals surface area (Å²) >= 11 is 3.22. The van der Waals surface area contributed by atoms with Crippen LogP contribution in [-0.4, -0.2) is 30.2 Å². The molecule has 1 amide bonds. The van der Waals surface area contributed by atoms with Gasteiger partial charge in [0.05, 0.1) is 29.2 Å². The van der Waals surface area contributed by atoms with Crippen LogP contribution in [0.15, 0.2) is 53.9 Å². The number of ether oxygens (including phenoxy) is 1. The third-order valence-corrected chi connectivity index (χ3v) is 7.30. The van der Waals surface area contributed by atoms with Crippen LogP contribution in [0, 0.1) is 10.1 Å². The molecule has 2 heterocycles. The highest BCUT2D eigenvalue weighted by Gasteiger charge is 2.20. The largest absolute Gasteiger partial charge is 0.490 e. The number of para-hydroxylation sites is 2. The quantitative estimate of drug-likeness (QED) is 0.365. The topological polar surface area (TPSA) is 84.7 Å². The smallest absolute Gasteiger partial charge is 0.311 e. The van der Waals surface area contributed by atoms with Crippen LogP contribution in [0.5, 0.6) is 5.75 Å². The number of nitrogens with one attached hydrogen (secondary N) is 1. The predicted molar refractivity (Wildman–Crippen MR) is 130 cm³/mol. The van der Waals surface area contributed by atoms with Crippen molar-refractivity contribution in [3.05, 3.63) is 80.0 Å². The maximum Gasteiger partial charge on any atom is 0.311 e. The van der Waals surface area contributed by atoms with Crippen LogP contribution < -0.4 is 15.0 Å². The Kier molecular flexibility index (Phi) is 6.96. The van der Waals surface area contributed by atoms with Crippen LogP contribution >= 0.6 is 23.1 Å². The first-order valence-electron chi connectivity index (χ1n) is 10.1. The third-order valence-electron chi connectivity index (χ3n) is 5.27. The van der Waals surface area contributed by atoms with E-state index in [0.717, 1.165) is 36.4 Å². The van der Waals surface area contributed by atoms with Crippen molar-refractivity contribution in [2.24, 2.45) is 0 Å². The van der Waals surface area contributed by atoms with E-state index < -0.39 is 4.92 Å². The fourth-order valence-electron chi connectivity index (χ4n) is 3.73. The monoisotopic (exact) mass is 469 g/mol. The Morgan fingerprint density at radius 3 is 2.94 bits per heavy atom. The molecule has 4 rings (SSSR count). The number of nitro benzene ring substituents is 1. The minimum Gasteiger partial charge on any atom is -0.490 e. The summed E-state index contributed by atoms with van der Waals surface area (Å²) in [5.74, 6) is 0.875. The molecule has 0 bridgehead atoms. The summed E-state index contributed by atoms with van der Waals surface area (Å²) in [4.78, 5) is 27.1. The maximum atomic E-state index is 12.6. The molecule has 0 aliphatic carbocycles. The van der Waals surface area contributed by atoms with Crippen molar-refractivity contribution in [1.82, 2.24) is 0 Å². The van der Waals surface area contributed by atoms with Gasteiger partial charge in [-0.1, -0.05) is 18.2 Å². The lowest BCUT2D eigenvalue weighted by Gasteiger charge is -2.30. The number of fused-ring (bicyclic) bond motifs is 1. The Hall–Kier alpha value is -3.04. The fraction of sp³-hybridized carbons (Fsp3) is 0.261. The van der Waals surface area contributed by atoms with Crippen LogP contribution in [-0.2, 0) is 23.5 Å². The molecule has 0 spiro atoms. The van der Waals surface area contributed by atoms with Crippen molar-refractivity contribution in [3.8, 4) is 5.75 Å². The van der Waals surface area contributed by atoms with Gasteiger partial charge in [-0.3, -0.25) is 14.9 Å². The number of thioether (sulfide) groups is 1. The SMILES string of the molecule is COc1ccc(CSCC(=O)Nc2ccccc2N2CCc3sccc3C2)cc1[N+](=O)[O-]. The number of thiophene rings is 1. The molecule has 1 N–H and O–H groups in total. The van der Waals surface area contributed by atoms with Gasteiger partial charge in [-0.25, -0.2) is 0 Å². The van der Waals surface area contributed by atoms with Gasteiger partial charge < -0.3 is 15.0 Å². The number of anilines is 2. The lowest BCUT2D eigenvalue weighted by molar-refractivity contribution is -0.385. The molecule has 1 aliphatic rings. The number of hydrogen-bond donors (Lipinski definition) is 1. The van der Waals surface area contributed by atoms with E-state index in [0.29, 0.717) is 5.75 Å². The molecule has 0 fully saturated rings. The maximum absolute atomic E-state index is 12.6. The summed E-state index contributed by atoms with van der Waals surface area (Å²) in [5.41, 5.74) is 3.88. The van der Waals surface area contributed by atoms with Crippen molar-refractivity contribution in [3.63, 3.8) is 0 Å². The molecule has 0 radical (unpaired) electrons. The number of carbonyl (C=O) groups is 1. The molecule has 166 valence electrons. The minimum atomic E-state index is -0.462. The molecular formula is C23H23N3O4S2. The van der Waals surface area contributed by atoms with Crippen LogP contribution in [0.4, 0.5) is 17.1 Å². The van der Waals surface area contributed by atoms with Crippen molar-refractivity contribution in [1.29, 1.82) is 0 Å². The second-order valence-electron chi connectivity index (χ2n) is 7.36. The van der Waals surface area contributed by atoms with E-state index in [1.165, 1.54) is 35.4 Å². The summed E-state index contributed by atoms with van der Waals surface area (Å²) in [7, 11) is 1.40. The van der Waals surface area contributed by atoms with E-state index >= 15 is 0 Å². The predicted octanol–water partition coefficient (Wildman–Crippen LogP) is 5.10. The van der Waals surface area contributed by atoms with Gasteiger partial charge >= 0.3 is 5.69 Å². The molecule has 0 saturated heterocycles. The van der Waals surface area contributed by atoms with E-state index in [2.05, 4.69) is 21.7 Å². The Morgan fingerprint density at radius 1 is 1.28 bits per heavy atom. The summed E-state index contributed by atoms with van der Waals surface area (Å²) in [6.07, 6.45) is 1.01. The first-order valence-corrected chi connectivity index (χ1v) is 12.2. The second-order valence-corrected chi connectivity index (χ2v) is 9.35. The zero-order valence-corrected chi connectivity index (χ0v) is 19.2. The molecule has 3 aromatic rings. The number of rotatable bonds is 8. The van der Waals surface area contributed by atoms with E-state index in [1.54, 1.807) is 23.5 Å². The van der Waals surface area contributed by atoms with Gasteiger partial charge in [0.1, 0.15) is 0 Å². The lowest BCUT2D eigenvalue weighted by Crippen LogP contribution is -2.30. The van der Waals surface area contributed by atoms with Gasteiger partial charge in [0.25, 0.3) is 0 Å². The highest BCUT2D eigenvalue weighted by atomic mass is 32.2. The number of methoxy groups -OCH3 is 1. The average Bonchev–Trinajstić information content (AvgIpc) is 3.27. The molecule has 9 heteroatoms. The van der Waals surface area contributed by atoms with Gasteiger partial charge in [0, 0.05) is 29.8 Å².